The third-order valence-electron chi connectivity index (χ3n) is 3.98. The molecular formula is C19H18ClNO4. The Morgan fingerprint density at radius 3 is 2.76 bits per heavy atom. The summed E-state index contributed by atoms with van der Waals surface area (Å²) < 4.78 is 16.4. The molecule has 0 spiro atoms. The van der Waals surface area contributed by atoms with Gasteiger partial charge in [-0.3, -0.25) is 4.90 Å². The summed E-state index contributed by atoms with van der Waals surface area (Å²) in [6, 6.07) is 12.9. The standard InChI is InChI=1S/C19H18ClNO4/c1-3-24-19(22)21-11-14-6-9-16(23-2)10-17(14)25-18(12-21)13-4-7-15(20)8-5-13/h3-10,18H,1,11-12H2,2H3. The van der Waals surface area contributed by atoms with E-state index in [0.29, 0.717) is 29.6 Å². The summed E-state index contributed by atoms with van der Waals surface area (Å²) in [5, 5.41) is 0.641. The molecule has 0 saturated heterocycles. The fourth-order valence-corrected chi connectivity index (χ4v) is 2.82. The molecule has 0 aromatic heterocycles. The van der Waals surface area contributed by atoms with Crippen LogP contribution in [0.1, 0.15) is 17.2 Å². The molecule has 1 unspecified atom stereocenters. The Kier molecular flexibility index (Phi) is 5.14. The number of carbonyl (C=O) groups is 1. The van der Waals surface area contributed by atoms with E-state index in [-0.39, 0.29) is 6.10 Å². The average Bonchev–Trinajstić information content (AvgIpc) is 2.81. The maximum absolute atomic E-state index is 12.2. The summed E-state index contributed by atoms with van der Waals surface area (Å²) in [6.07, 6.45) is 0.296. The second kappa shape index (κ2) is 7.49. The number of benzene rings is 2. The van der Waals surface area contributed by atoms with Gasteiger partial charge in [0.15, 0.2) is 0 Å². The lowest BCUT2D eigenvalue weighted by Crippen LogP contribution is -2.33. The summed E-state index contributed by atoms with van der Waals surface area (Å²) in [6.45, 7) is 4.15. The fourth-order valence-electron chi connectivity index (χ4n) is 2.70. The third-order valence-corrected chi connectivity index (χ3v) is 4.23. The minimum Gasteiger partial charge on any atom is -0.497 e. The molecule has 0 aliphatic carbocycles. The molecule has 1 atom stereocenters. The Bertz CT molecular complexity index is 775. The molecule has 0 fully saturated rings. The topological polar surface area (TPSA) is 48.0 Å². The van der Waals surface area contributed by atoms with E-state index >= 15 is 0 Å². The van der Waals surface area contributed by atoms with E-state index in [4.69, 9.17) is 25.8 Å². The molecule has 1 aliphatic rings. The van der Waals surface area contributed by atoms with Crippen LogP contribution >= 0.6 is 11.6 Å². The molecule has 2 aromatic carbocycles. The zero-order chi connectivity index (χ0) is 17.8. The third kappa shape index (κ3) is 3.88. The smallest absolute Gasteiger partial charge is 0.415 e. The molecule has 6 heteroatoms. The van der Waals surface area contributed by atoms with Gasteiger partial charge < -0.3 is 14.2 Å². The van der Waals surface area contributed by atoms with Crippen LogP contribution in [0.3, 0.4) is 0 Å². The van der Waals surface area contributed by atoms with Crippen LogP contribution in [-0.2, 0) is 11.3 Å². The largest absolute Gasteiger partial charge is 0.497 e. The van der Waals surface area contributed by atoms with Gasteiger partial charge in [-0.2, -0.15) is 0 Å². The number of carbonyl (C=O) groups excluding carboxylic acids is 1. The predicted molar refractivity (Wildman–Crippen MR) is 94.9 cm³/mol. The van der Waals surface area contributed by atoms with Gasteiger partial charge in [-0.05, 0) is 29.8 Å². The van der Waals surface area contributed by atoms with Gasteiger partial charge in [-0.25, -0.2) is 4.79 Å². The van der Waals surface area contributed by atoms with Gasteiger partial charge in [-0.15, -0.1) is 0 Å². The molecule has 0 saturated carbocycles. The first-order valence-electron chi connectivity index (χ1n) is 7.76. The number of amides is 1. The highest BCUT2D eigenvalue weighted by atomic mass is 35.5. The van der Waals surface area contributed by atoms with Crippen molar-refractivity contribution in [2.24, 2.45) is 0 Å². The molecule has 1 amide bonds. The van der Waals surface area contributed by atoms with E-state index in [1.807, 2.05) is 30.3 Å². The van der Waals surface area contributed by atoms with Crippen LogP contribution in [0, 0.1) is 0 Å². The molecule has 130 valence electrons. The quantitative estimate of drug-likeness (QED) is 0.753. The SMILES string of the molecule is C=COC(=O)N1Cc2ccc(OC)cc2OC(c2ccc(Cl)cc2)C1. The molecule has 1 heterocycles. The zero-order valence-electron chi connectivity index (χ0n) is 13.8. The maximum atomic E-state index is 12.2. The zero-order valence-corrected chi connectivity index (χ0v) is 14.5. The van der Waals surface area contributed by atoms with Gasteiger partial charge >= 0.3 is 6.09 Å². The average molecular weight is 360 g/mol. The highest BCUT2D eigenvalue weighted by Gasteiger charge is 2.28. The van der Waals surface area contributed by atoms with Crippen LogP contribution in [0.25, 0.3) is 0 Å². The number of rotatable bonds is 3. The lowest BCUT2D eigenvalue weighted by Gasteiger charge is -2.23. The van der Waals surface area contributed by atoms with Gasteiger partial charge in [0.2, 0.25) is 0 Å². The molecule has 3 rings (SSSR count). The Hall–Kier alpha value is -2.66. The predicted octanol–water partition coefficient (Wildman–Crippen LogP) is 4.56. The van der Waals surface area contributed by atoms with E-state index in [1.54, 1.807) is 24.1 Å². The second-order valence-corrected chi connectivity index (χ2v) is 6.00. The molecule has 2 aromatic rings. The second-order valence-electron chi connectivity index (χ2n) is 5.56. The molecule has 5 nitrogen and oxygen atoms in total. The van der Waals surface area contributed by atoms with Gasteiger partial charge in [0, 0.05) is 16.7 Å². The van der Waals surface area contributed by atoms with Crippen molar-refractivity contribution in [3.63, 3.8) is 0 Å². The molecule has 0 N–H and O–H groups in total. The van der Waals surface area contributed by atoms with Crippen molar-refractivity contribution in [1.29, 1.82) is 0 Å². The summed E-state index contributed by atoms with van der Waals surface area (Å²) in [5.74, 6) is 1.36. The summed E-state index contributed by atoms with van der Waals surface area (Å²) >= 11 is 5.97. The van der Waals surface area contributed by atoms with Gasteiger partial charge in [0.1, 0.15) is 17.6 Å². The van der Waals surface area contributed by atoms with Gasteiger partial charge in [0.05, 0.1) is 26.5 Å². The number of hydrogen-bond donors (Lipinski definition) is 0. The van der Waals surface area contributed by atoms with E-state index in [0.717, 1.165) is 17.4 Å². The monoisotopic (exact) mass is 359 g/mol. The van der Waals surface area contributed by atoms with Crippen molar-refractivity contribution < 1.29 is 19.0 Å². The van der Waals surface area contributed by atoms with Crippen molar-refractivity contribution in [2.75, 3.05) is 13.7 Å². The lowest BCUT2D eigenvalue weighted by atomic mass is 10.1. The first-order chi connectivity index (χ1) is 12.1. The van der Waals surface area contributed by atoms with Gasteiger partial charge in [-0.1, -0.05) is 30.3 Å². The fraction of sp³-hybridized carbons (Fsp3) is 0.211. The minimum atomic E-state index is -0.471. The van der Waals surface area contributed by atoms with E-state index < -0.39 is 6.09 Å². The first-order valence-corrected chi connectivity index (χ1v) is 8.14. The number of fused-ring (bicyclic) bond motifs is 1. The maximum Gasteiger partial charge on any atom is 0.415 e. The molecule has 25 heavy (non-hydrogen) atoms. The Balaban J connectivity index is 1.98. The van der Waals surface area contributed by atoms with E-state index in [9.17, 15) is 4.79 Å². The number of ether oxygens (including phenoxy) is 3. The summed E-state index contributed by atoms with van der Waals surface area (Å²) in [4.78, 5) is 13.8. The Morgan fingerprint density at radius 1 is 1.32 bits per heavy atom. The number of hydrogen-bond acceptors (Lipinski definition) is 4. The van der Waals surface area contributed by atoms with Crippen LogP contribution in [0.5, 0.6) is 11.5 Å². The minimum absolute atomic E-state index is 0.339. The first kappa shape index (κ1) is 17.2. The van der Waals surface area contributed by atoms with E-state index in [1.165, 1.54) is 0 Å². The molecule has 1 aliphatic heterocycles. The van der Waals surface area contributed by atoms with Crippen molar-refractivity contribution in [3.05, 3.63) is 71.5 Å². The molecular weight excluding hydrogens is 342 g/mol. The van der Waals surface area contributed by atoms with Crippen LogP contribution < -0.4 is 9.47 Å². The highest BCUT2D eigenvalue weighted by molar-refractivity contribution is 6.30. The number of methoxy groups -OCH3 is 1. The van der Waals surface area contributed by atoms with Gasteiger partial charge in [0.25, 0.3) is 0 Å². The van der Waals surface area contributed by atoms with Crippen molar-refractivity contribution in [2.45, 2.75) is 12.6 Å². The Labute approximate surface area is 151 Å². The molecule has 0 bridgehead atoms. The van der Waals surface area contributed by atoms with Crippen molar-refractivity contribution >= 4 is 17.7 Å². The number of nitrogens with zero attached hydrogens (tertiary/aromatic N) is 1. The van der Waals surface area contributed by atoms with E-state index in [2.05, 4.69) is 6.58 Å². The number of halogens is 1. The lowest BCUT2D eigenvalue weighted by molar-refractivity contribution is 0.110. The van der Waals surface area contributed by atoms with Crippen LogP contribution in [0.15, 0.2) is 55.3 Å². The Morgan fingerprint density at radius 2 is 2.08 bits per heavy atom. The van der Waals surface area contributed by atoms with Crippen molar-refractivity contribution in [3.8, 4) is 11.5 Å². The highest BCUT2D eigenvalue weighted by Crippen LogP contribution is 2.34. The van der Waals surface area contributed by atoms with Crippen molar-refractivity contribution in [1.82, 2.24) is 4.90 Å². The normalized spacial score (nSPS) is 16.2. The summed E-state index contributed by atoms with van der Waals surface area (Å²) in [5.41, 5.74) is 1.79. The summed E-state index contributed by atoms with van der Waals surface area (Å²) in [7, 11) is 1.60. The van der Waals surface area contributed by atoms with Crippen LogP contribution in [0.4, 0.5) is 4.79 Å². The van der Waals surface area contributed by atoms with Crippen LogP contribution in [-0.4, -0.2) is 24.6 Å². The van der Waals surface area contributed by atoms with Crippen LogP contribution in [0.2, 0.25) is 5.02 Å². The molecule has 0 radical (unpaired) electrons.